The van der Waals surface area contributed by atoms with Crippen molar-refractivity contribution in [3.63, 3.8) is 0 Å². The van der Waals surface area contributed by atoms with E-state index in [1.54, 1.807) is 0 Å². The molecule has 0 fully saturated rings. The van der Waals surface area contributed by atoms with Gasteiger partial charge in [-0.1, -0.05) is 5.16 Å². The number of halogens is 2. The molecule has 0 saturated carbocycles. The Morgan fingerprint density at radius 1 is 1.50 bits per heavy atom. The Bertz CT molecular complexity index is 465. The Morgan fingerprint density at radius 2 is 2.14 bits per heavy atom. The number of rotatable bonds is 1. The van der Waals surface area contributed by atoms with Gasteiger partial charge in [-0.3, -0.25) is 0 Å². The number of allylic oxidation sites excluding steroid dienone is 4. The lowest BCUT2D eigenvalue weighted by Gasteiger charge is -2.07. The van der Waals surface area contributed by atoms with Gasteiger partial charge in [-0.25, -0.2) is 8.78 Å². The molecule has 1 aliphatic carbocycles. The molecular weight excluding hydrogens is 216 g/mol. The average molecular weight is 221 g/mol. The summed E-state index contributed by atoms with van der Waals surface area (Å²) in [4.78, 5) is -0.554. The molecule has 0 aliphatic heterocycles. The Labute approximate surface area is 79.4 Å². The molecule has 76 valence electrons. The third-order valence-electron chi connectivity index (χ3n) is 1.59. The van der Waals surface area contributed by atoms with Gasteiger partial charge in [-0.05, 0) is 6.08 Å². The van der Waals surface area contributed by atoms with E-state index in [4.69, 9.17) is 5.21 Å². The zero-order valence-electron chi connectivity index (χ0n) is 6.74. The first-order valence-electron chi connectivity index (χ1n) is 3.46. The first-order valence-corrected chi connectivity index (χ1v) is 4.54. The van der Waals surface area contributed by atoms with E-state index in [1.807, 2.05) is 0 Å². The number of hydrogen-bond acceptors (Lipinski definition) is 4. The minimum absolute atomic E-state index is 0.337. The Morgan fingerprint density at radius 3 is 2.64 bits per heavy atom. The lowest BCUT2D eigenvalue weighted by Crippen LogP contribution is -2.09. The third kappa shape index (κ3) is 1.87. The lowest BCUT2D eigenvalue weighted by molar-refractivity contribution is 0.321. The zero-order chi connectivity index (χ0) is 10.7. The van der Waals surface area contributed by atoms with Gasteiger partial charge in [-0.2, -0.15) is 8.42 Å². The van der Waals surface area contributed by atoms with Gasteiger partial charge in [0, 0.05) is 6.42 Å². The van der Waals surface area contributed by atoms with Gasteiger partial charge in [-0.15, -0.1) is 0 Å². The highest BCUT2D eigenvalue weighted by atomic mass is 32.2. The highest BCUT2D eigenvalue weighted by Crippen LogP contribution is 2.23. The van der Waals surface area contributed by atoms with Gasteiger partial charge in [0.05, 0.1) is 11.8 Å². The van der Waals surface area contributed by atoms with Crippen LogP contribution in [0.1, 0.15) is 6.42 Å². The zero-order valence-corrected chi connectivity index (χ0v) is 7.55. The quantitative estimate of drug-likeness (QED) is 0.310. The van der Waals surface area contributed by atoms with Crippen LogP contribution in [-0.2, 0) is 10.3 Å². The monoisotopic (exact) mass is 221 g/mol. The smallest absolute Gasteiger partial charge is 0.220 e. The first-order chi connectivity index (χ1) is 6.57. The lowest BCUT2D eigenvalue weighted by atomic mass is 10.1. The van der Waals surface area contributed by atoms with E-state index in [2.05, 4.69) is 5.16 Å². The summed E-state index contributed by atoms with van der Waals surface area (Å²) < 4.78 is 46.9. The molecule has 0 aromatic carbocycles. The van der Waals surface area contributed by atoms with Crippen molar-refractivity contribution in [2.24, 2.45) is 5.16 Å². The van der Waals surface area contributed by atoms with E-state index < -0.39 is 32.4 Å². The van der Waals surface area contributed by atoms with Gasteiger partial charge in [0.15, 0.2) is 5.83 Å². The minimum atomic E-state index is -2.74. The second kappa shape index (κ2) is 4.14. The molecule has 0 aromatic heterocycles. The molecule has 0 spiro atoms. The Kier molecular flexibility index (Phi) is 3.13. The summed E-state index contributed by atoms with van der Waals surface area (Å²) in [5.41, 5.74) is -0.669. The van der Waals surface area contributed by atoms with Crippen molar-refractivity contribution in [1.82, 2.24) is 0 Å². The summed E-state index contributed by atoms with van der Waals surface area (Å²) in [6.45, 7) is 0. The van der Waals surface area contributed by atoms with Crippen molar-refractivity contribution in [2.75, 3.05) is 0 Å². The number of hydrogen-bond donors (Lipinski definition) is 1. The molecule has 1 rings (SSSR count). The van der Waals surface area contributed by atoms with Crippen molar-refractivity contribution in [1.29, 1.82) is 0 Å². The van der Waals surface area contributed by atoms with Crippen molar-refractivity contribution in [2.45, 2.75) is 6.42 Å². The molecule has 1 aliphatic rings. The topological polar surface area (TPSA) is 66.7 Å². The highest BCUT2D eigenvalue weighted by Gasteiger charge is 2.21. The maximum absolute atomic E-state index is 13.2. The Hall–Kier alpha value is -1.50. The van der Waals surface area contributed by atoms with Crippen molar-refractivity contribution < 1.29 is 22.4 Å². The molecule has 0 atom stereocenters. The van der Waals surface area contributed by atoms with Crippen LogP contribution in [0.3, 0.4) is 0 Å². The molecule has 0 aromatic rings. The van der Waals surface area contributed by atoms with Crippen LogP contribution in [0.4, 0.5) is 8.78 Å². The standard InChI is InChI=1S/C7H5F2NO3S/c8-5-1-2-6(14(12)13)7(9)4(5)3-10-11/h1,3,11H,2H2. The molecule has 0 radical (unpaired) electrons. The van der Waals surface area contributed by atoms with Crippen LogP contribution in [0.5, 0.6) is 0 Å². The van der Waals surface area contributed by atoms with Crippen molar-refractivity contribution >= 4 is 21.4 Å². The summed E-state index contributed by atoms with van der Waals surface area (Å²) in [5, 5.41) is 10.5. The molecule has 0 bridgehead atoms. The third-order valence-corrected chi connectivity index (χ3v) is 2.34. The molecule has 14 heavy (non-hydrogen) atoms. The maximum Gasteiger partial charge on any atom is 0.220 e. The molecule has 4 nitrogen and oxygen atoms in total. The van der Waals surface area contributed by atoms with Crippen LogP contribution in [0.2, 0.25) is 0 Å². The summed E-state index contributed by atoms with van der Waals surface area (Å²) in [7, 11) is -2.74. The number of oxime groups is 1. The molecular formula is C7H5F2NO3S. The van der Waals surface area contributed by atoms with Crippen LogP contribution < -0.4 is 0 Å². The molecule has 1 N–H and O–H groups in total. The summed E-state index contributed by atoms with van der Waals surface area (Å²) in [6.07, 6.45) is 1.06. The van der Waals surface area contributed by atoms with Crippen LogP contribution in [0, 0.1) is 0 Å². The fourth-order valence-electron chi connectivity index (χ4n) is 0.954. The molecule has 0 saturated heterocycles. The van der Waals surface area contributed by atoms with Crippen LogP contribution >= 0.6 is 0 Å². The second-order valence-corrected chi connectivity index (χ2v) is 3.35. The average Bonchev–Trinajstić information content (AvgIpc) is 2.11. The Balaban J connectivity index is 3.39. The van der Waals surface area contributed by atoms with Crippen LogP contribution in [0.25, 0.3) is 0 Å². The molecule has 0 amide bonds. The predicted molar refractivity (Wildman–Crippen MR) is 46.1 cm³/mol. The first kappa shape index (κ1) is 10.6. The summed E-state index contributed by atoms with van der Waals surface area (Å²) in [5.74, 6) is -2.18. The summed E-state index contributed by atoms with van der Waals surface area (Å²) in [6, 6.07) is 0. The van der Waals surface area contributed by atoms with Crippen LogP contribution in [-0.4, -0.2) is 24.7 Å². The van der Waals surface area contributed by atoms with Gasteiger partial charge >= 0.3 is 0 Å². The van der Waals surface area contributed by atoms with Crippen LogP contribution in [0.15, 0.2) is 28.5 Å². The van der Waals surface area contributed by atoms with E-state index in [1.165, 1.54) is 0 Å². The second-order valence-electron chi connectivity index (χ2n) is 2.39. The van der Waals surface area contributed by atoms with E-state index in [0.29, 0.717) is 6.21 Å². The highest BCUT2D eigenvalue weighted by molar-refractivity contribution is 7.73. The molecule has 0 heterocycles. The van der Waals surface area contributed by atoms with E-state index >= 15 is 0 Å². The molecule has 0 unspecified atom stereocenters. The predicted octanol–water partition coefficient (Wildman–Crippen LogP) is 0.979. The largest absolute Gasteiger partial charge is 0.411 e. The normalized spacial score (nSPS) is 17.6. The van der Waals surface area contributed by atoms with Crippen molar-refractivity contribution in [3.8, 4) is 0 Å². The van der Waals surface area contributed by atoms with E-state index in [0.717, 1.165) is 6.08 Å². The molecule has 7 heteroatoms. The fourth-order valence-corrected chi connectivity index (χ4v) is 1.43. The SMILES string of the molecule is O=S(=O)=C1CC=C(F)C(C=NO)=C1F. The maximum atomic E-state index is 13.2. The van der Waals surface area contributed by atoms with Gasteiger partial charge in [0.1, 0.15) is 10.7 Å². The van der Waals surface area contributed by atoms with E-state index in [-0.39, 0.29) is 6.42 Å². The van der Waals surface area contributed by atoms with Gasteiger partial charge < -0.3 is 5.21 Å². The van der Waals surface area contributed by atoms with Gasteiger partial charge in [0.25, 0.3) is 0 Å². The van der Waals surface area contributed by atoms with Gasteiger partial charge in [0.2, 0.25) is 10.3 Å². The minimum Gasteiger partial charge on any atom is -0.411 e. The fraction of sp³-hybridized carbons (Fsp3) is 0.143. The summed E-state index contributed by atoms with van der Waals surface area (Å²) >= 11 is 0. The number of nitrogens with zero attached hydrogens (tertiary/aromatic N) is 1. The van der Waals surface area contributed by atoms with E-state index in [9.17, 15) is 17.2 Å². The van der Waals surface area contributed by atoms with Crippen molar-refractivity contribution in [3.05, 3.63) is 23.3 Å².